The summed E-state index contributed by atoms with van der Waals surface area (Å²) < 4.78 is 4.61. The van der Waals surface area contributed by atoms with E-state index in [0.717, 1.165) is 28.9 Å². The Hall–Kier alpha value is -2.55. The van der Waals surface area contributed by atoms with Gasteiger partial charge >= 0.3 is 5.97 Å². The van der Waals surface area contributed by atoms with Crippen LogP contribution in [0.5, 0.6) is 0 Å². The molecule has 0 saturated carbocycles. The summed E-state index contributed by atoms with van der Waals surface area (Å²) in [6.07, 6.45) is 0.143. The third kappa shape index (κ3) is 5.18. The monoisotopic (exact) mass is 522 g/mol. The van der Waals surface area contributed by atoms with Gasteiger partial charge in [-0.15, -0.1) is 16.9 Å². The number of aliphatic carboxylic acids is 1. The number of thioether (sulfide) groups is 3. The van der Waals surface area contributed by atoms with Gasteiger partial charge in [0.25, 0.3) is 5.91 Å². The number of carboxylic acid groups (broad SMARTS) is 1. The molecule has 0 aliphatic carbocycles. The van der Waals surface area contributed by atoms with Crippen molar-refractivity contribution < 1.29 is 19.5 Å². The van der Waals surface area contributed by atoms with E-state index in [0.29, 0.717) is 26.3 Å². The fraction of sp³-hybridized carbons (Fsp3) is 0.263. The van der Waals surface area contributed by atoms with Crippen LogP contribution in [0.1, 0.15) is 11.3 Å². The van der Waals surface area contributed by atoms with Crippen LogP contribution in [0.15, 0.2) is 45.1 Å². The predicted octanol–water partition coefficient (Wildman–Crippen LogP) is 1.70. The lowest BCUT2D eigenvalue weighted by Crippen LogP contribution is -2.70. The van der Waals surface area contributed by atoms with Crippen LogP contribution in [-0.2, 0) is 26.6 Å². The summed E-state index contributed by atoms with van der Waals surface area (Å²) in [4.78, 5) is 39.0. The summed E-state index contributed by atoms with van der Waals surface area (Å²) in [5.74, 6) is -1.23. The lowest BCUT2D eigenvalue weighted by atomic mass is 10.0. The molecule has 1 fully saturated rings. The number of fused-ring (bicyclic) bond motifs is 1. The van der Waals surface area contributed by atoms with Gasteiger partial charge in [-0.25, -0.2) is 4.79 Å². The summed E-state index contributed by atoms with van der Waals surface area (Å²) in [5.41, 5.74) is 6.74. The van der Waals surface area contributed by atoms with Crippen LogP contribution in [0, 0.1) is 5.41 Å². The Kier molecular flexibility index (Phi) is 7.26. The second kappa shape index (κ2) is 10.2. The fourth-order valence-electron chi connectivity index (χ4n) is 3.30. The van der Waals surface area contributed by atoms with Crippen molar-refractivity contribution in [1.82, 2.24) is 19.8 Å². The fourth-order valence-corrected chi connectivity index (χ4v) is 7.33. The van der Waals surface area contributed by atoms with Crippen LogP contribution in [-0.4, -0.2) is 59.7 Å². The topological polar surface area (TPSA) is 162 Å². The number of hydrogen-bond donors (Lipinski definition) is 4. The van der Waals surface area contributed by atoms with Crippen LogP contribution in [0.25, 0.3) is 0 Å². The normalized spacial score (nSPS) is 19.6. The molecule has 14 heteroatoms. The minimum absolute atomic E-state index is 0.0491. The molecule has 0 spiro atoms. The zero-order valence-corrected chi connectivity index (χ0v) is 20.2. The maximum absolute atomic E-state index is 12.8. The number of amides is 2. The Morgan fingerprint density at radius 3 is 2.79 bits per heavy atom. The van der Waals surface area contributed by atoms with E-state index in [2.05, 4.69) is 14.9 Å². The molecule has 10 nitrogen and oxygen atoms in total. The highest BCUT2D eigenvalue weighted by molar-refractivity contribution is 8.13. The van der Waals surface area contributed by atoms with Gasteiger partial charge in [-0.1, -0.05) is 58.3 Å². The van der Waals surface area contributed by atoms with Crippen molar-refractivity contribution in [2.24, 2.45) is 5.73 Å². The lowest BCUT2D eigenvalue weighted by molar-refractivity contribution is -0.150. The van der Waals surface area contributed by atoms with Gasteiger partial charge in [-0.2, -0.15) is 0 Å². The number of β-lactam (4-membered cyclic amide) rings is 1. The Bertz CT molecular complexity index is 1140. The third-order valence-electron chi connectivity index (χ3n) is 4.76. The number of nitrogens with one attached hydrogen (secondary N) is 2. The van der Waals surface area contributed by atoms with E-state index in [-0.39, 0.29) is 23.2 Å². The van der Waals surface area contributed by atoms with E-state index in [1.54, 1.807) is 0 Å². The zero-order chi connectivity index (χ0) is 23.5. The molecule has 0 radical (unpaired) electrons. The molecule has 0 unspecified atom stereocenters. The van der Waals surface area contributed by atoms with E-state index in [9.17, 15) is 19.5 Å². The SMILES string of the molecule is N=C(N)SCc1nnsc1SC1=C(C(=O)O)N2C(=O)[C@@H](NC(=O)Cc3ccccc3)[C@H]2SC1. The second-order valence-corrected chi connectivity index (χ2v) is 11.2. The first-order valence-corrected chi connectivity index (χ1v) is 13.2. The van der Waals surface area contributed by atoms with Crippen LogP contribution in [0.4, 0.5) is 0 Å². The highest BCUT2D eigenvalue weighted by Crippen LogP contribution is 2.46. The van der Waals surface area contributed by atoms with Gasteiger partial charge in [0.1, 0.15) is 21.3 Å². The number of amidine groups is 1. The summed E-state index contributed by atoms with van der Waals surface area (Å²) >= 11 is 4.83. The number of carbonyl (C=O) groups is 3. The van der Waals surface area contributed by atoms with E-state index in [4.69, 9.17) is 11.1 Å². The van der Waals surface area contributed by atoms with Gasteiger partial charge in [0, 0.05) is 16.4 Å². The molecule has 3 heterocycles. The number of aromatic nitrogens is 2. The van der Waals surface area contributed by atoms with Crippen LogP contribution in [0.3, 0.4) is 0 Å². The highest BCUT2D eigenvalue weighted by Gasteiger charge is 2.54. The summed E-state index contributed by atoms with van der Waals surface area (Å²) in [6.45, 7) is 0. The second-order valence-electron chi connectivity index (χ2n) is 6.96. The minimum atomic E-state index is -1.21. The predicted molar refractivity (Wildman–Crippen MR) is 129 cm³/mol. The van der Waals surface area contributed by atoms with Crippen molar-refractivity contribution in [2.75, 3.05) is 5.75 Å². The summed E-state index contributed by atoms with van der Waals surface area (Å²) in [5, 5.41) is 23.4. The maximum atomic E-state index is 12.8. The van der Waals surface area contributed by atoms with Crippen LogP contribution < -0.4 is 11.1 Å². The zero-order valence-electron chi connectivity index (χ0n) is 16.9. The molecule has 1 saturated heterocycles. The van der Waals surface area contributed by atoms with Crippen molar-refractivity contribution >= 4 is 69.8 Å². The Balaban J connectivity index is 1.47. The smallest absolute Gasteiger partial charge is 0.353 e. The molecular formula is C19H18N6O4S4. The molecule has 172 valence electrons. The Morgan fingerprint density at radius 1 is 1.33 bits per heavy atom. The summed E-state index contributed by atoms with van der Waals surface area (Å²) in [6, 6.07) is 8.42. The van der Waals surface area contributed by atoms with Gasteiger partial charge in [0.15, 0.2) is 5.17 Å². The Morgan fingerprint density at radius 2 is 2.09 bits per heavy atom. The first-order valence-electron chi connectivity index (χ1n) is 9.55. The highest BCUT2D eigenvalue weighted by atomic mass is 32.2. The maximum Gasteiger partial charge on any atom is 0.353 e. The molecule has 2 atom stereocenters. The van der Waals surface area contributed by atoms with Gasteiger partial charge < -0.3 is 16.2 Å². The number of nitrogens with two attached hydrogens (primary N) is 1. The van der Waals surface area contributed by atoms with Crippen molar-refractivity contribution in [3.63, 3.8) is 0 Å². The van der Waals surface area contributed by atoms with Crippen molar-refractivity contribution in [3.05, 3.63) is 52.2 Å². The van der Waals surface area contributed by atoms with E-state index < -0.39 is 23.3 Å². The number of benzene rings is 1. The quantitative estimate of drug-likeness (QED) is 0.228. The number of rotatable bonds is 8. The first-order chi connectivity index (χ1) is 15.8. The largest absolute Gasteiger partial charge is 0.477 e. The third-order valence-corrected chi connectivity index (χ3v) is 9.00. The molecule has 4 rings (SSSR count). The van der Waals surface area contributed by atoms with E-state index in [1.165, 1.54) is 28.4 Å². The number of carboxylic acids is 1. The number of hydrogen-bond acceptors (Lipinski definition) is 10. The molecule has 33 heavy (non-hydrogen) atoms. The number of carbonyl (C=O) groups excluding carboxylic acids is 2. The standard InChI is InChI=1S/C19H18N6O4S4/c20-19(21)31-7-10-18(33-24-23-10)32-11-8-30-16-13(15(27)25(16)14(11)17(28)29)22-12(26)6-9-4-2-1-3-5-9/h1-5,13,16H,6-8H2,(H3,20,21)(H,22,26)(H,28,29)/t13-,16-/m1/s1. The molecule has 2 aliphatic heterocycles. The van der Waals surface area contributed by atoms with Crippen molar-refractivity contribution in [2.45, 2.75) is 27.8 Å². The van der Waals surface area contributed by atoms with Crippen LogP contribution >= 0.6 is 46.8 Å². The molecule has 5 N–H and O–H groups in total. The molecule has 2 aliphatic rings. The first kappa shape index (κ1) is 23.6. The molecule has 2 aromatic rings. The molecule has 1 aromatic carbocycles. The number of nitrogens with zero attached hydrogens (tertiary/aromatic N) is 3. The van der Waals surface area contributed by atoms with E-state index >= 15 is 0 Å². The van der Waals surface area contributed by atoms with Crippen molar-refractivity contribution in [1.29, 1.82) is 5.41 Å². The van der Waals surface area contributed by atoms with Gasteiger partial charge in [0.05, 0.1) is 12.1 Å². The van der Waals surface area contributed by atoms with Gasteiger partial charge in [-0.05, 0) is 17.1 Å². The molecule has 1 aromatic heterocycles. The van der Waals surface area contributed by atoms with Crippen molar-refractivity contribution in [3.8, 4) is 0 Å². The Labute approximate surface area is 205 Å². The van der Waals surface area contributed by atoms with Gasteiger partial charge in [0.2, 0.25) is 5.91 Å². The molecule has 0 bridgehead atoms. The van der Waals surface area contributed by atoms with Gasteiger partial charge in [-0.3, -0.25) is 19.9 Å². The average Bonchev–Trinajstić information content (AvgIpc) is 3.23. The molecule has 2 amide bonds. The van der Waals surface area contributed by atoms with E-state index in [1.807, 2.05) is 30.3 Å². The minimum Gasteiger partial charge on any atom is -0.477 e. The average molecular weight is 523 g/mol. The summed E-state index contributed by atoms with van der Waals surface area (Å²) in [7, 11) is 0. The lowest BCUT2D eigenvalue weighted by Gasteiger charge is -2.49. The van der Waals surface area contributed by atoms with Crippen LogP contribution in [0.2, 0.25) is 0 Å². The molecular weight excluding hydrogens is 505 g/mol.